The van der Waals surface area contributed by atoms with E-state index in [0.29, 0.717) is 12.1 Å². The Balaban J connectivity index is 1.98. The number of nitrogens with two attached hydrogens (primary N) is 2. The minimum absolute atomic E-state index is 0.0402. The number of benzene rings is 1. The van der Waals surface area contributed by atoms with Gasteiger partial charge in [-0.15, -0.1) is 0 Å². The van der Waals surface area contributed by atoms with Gasteiger partial charge in [-0.3, -0.25) is 4.98 Å². The van der Waals surface area contributed by atoms with E-state index in [-0.39, 0.29) is 4.90 Å². The lowest BCUT2D eigenvalue weighted by molar-refractivity contribution is 0.247. The van der Waals surface area contributed by atoms with Crippen molar-refractivity contribution in [3.8, 4) is 11.3 Å². The number of hydrogen-bond donors (Lipinski definition) is 2. The standard InChI is InChI=1S/C16H15N5O3S/c17-16(22)21-10-13(15(20-21)12-5-7-19-8-6-12)9-11-1-3-14(4-2-11)25(18,23)24/h1-8,10H,9H2,(H2,17,22)(H2,18,23,24). The number of nitrogens with zero attached hydrogens (tertiary/aromatic N) is 3. The van der Waals surface area contributed by atoms with Gasteiger partial charge in [0.25, 0.3) is 0 Å². The van der Waals surface area contributed by atoms with Gasteiger partial charge in [-0.2, -0.15) is 9.78 Å². The maximum Gasteiger partial charge on any atom is 0.339 e. The minimum atomic E-state index is -3.74. The molecule has 0 unspecified atom stereocenters. The van der Waals surface area contributed by atoms with Crippen molar-refractivity contribution in [3.63, 3.8) is 0 Å². The number of carbonyl (C=O) groups excluding carboxylic acids is 1. The topological polar surface area (TPSA) is 134 Å². The molecule has 2 aromatic heterocycles. The molecule has 0 aliphatic rings. The Morgan fingerprint density at radius 1 is 1.08 bits per heavy atom. The first-order valence-corrected chi connectivity index (χ1v) is 8.80. The van der Waals surface area contributed by atoms with E-state index in [2.05, 4.69) is 10.1 Å². The summed E-state index contributed by atoms with van der Waals surface area (Å²) < 4.78 is 23.7. The van der Waals surface area contributed by atoms with E-state index in [1.165, 1.54) is 12.1 Å². The number of sulfonamides is 1. The molecule has 1 aromatic carbocycles. The SMILES string of the molecule is NC(=O)n1cc(Cc2ccc(S(N)(=O)=O)cc2)c(-c2ccncc2)n1. The monoisotopic (exact) mass is 357 g/mol. The lowest BCUT2D eigenvalue weighted by atomic mass is 10.0. The number of primary sulfonamides is 1. The molecule has 9 heteroatoms. The van der Waals surface area contributed by atoms with Crippen LogP contribution in [0.15, 0.2) is 59.9 Å². The molecule has 3 aromatic rings. The Hall–Kier alpha value is -3.04. The summed E-state index contributed by atoms with van der Waals surface area (Å²) >= 11 is 0. The number of carbonyl (C=O) groups is 1. The number of hydrogen-bond acceptors (Lipinski definition) is 5. The fourth-order valence-electron chi connectivity index (χ4n) is 2.42. The molecule has 3 rings (SSSR count). The predicted octanol–water partition coefficient (Wildman–Crippen LogP) is 1.11. The van der Waals surface area contributed by atoms with Crippen LogP contribution < -0.4 is 10.9 Å². The Kier molecular flexibility index (Phi) is 4.34. The van der Waals surface area contributed by atoms with Gasteiger partial charge in [-0.1, -0.05) is 12.1 Å². The van der Waals surface area contributed by atoms with E-state index < -0.39 is 16.1 Å². The summed E-state index contributed by atoms with van der Waals surface area (Å²) in [5, 5.41) is 9.33. The molecule has 0 saturated heterocycles. The number of rotatable bonds is 4. The molecule has 0 radical (unpaired) electrons. The van der Waals surface area contributed by atoms with Crippen molar-refractivity contribution in [1.82, 2.24) is 14.8 Å². The fourth-order valence-corrected chi connectivity index (χ4v) is 2.94. The Morgan fingerprint density at radius 3 is 2.28 bits per heavy atom. The molecule has 0 fully saturated rings. The van der Waals surface area contributed by atoms with E-state index in [9.17, 15) is 13.2 Å². The van der Waals surface area contributed by atoms with Gasteiger partial charge in [0.2, 0.25) is 10.0 Å². The molecule has 0 aliphatic carbocycles. The Morgan fingerprint density at radius 2 is 1.72 bits per heavy atom. The normalized spacial score (nSPS) is 11.4. The molecule has 0 spiro atoms. The molecule has 0 aliphatic heterocycles. The van der Waals surface area contributed by atoms with Gasteiger partial charge in [0.05, 0.1) is 10.6 Å². The lowest BCUT2D eigenvalue weighted by Gasteiger charge is -2.04. The van der Waals surface area contributed by atoms with Gasteiger partial charge < -0.3 is 5.73 Å². The zero-order chi connectivity index (χ0) is 18.0. The highest BCUT2D eigenvalue weighted by molar-refractivity contribution is 7.89. The van der Waals surface area contributed by atoms with Crippen molar-refractivity contribution in [2.24, 2.45) is 10.9 Å². The third-order valence-corrected chi connectivity index (χ3v) is 4.55. The molecular weight excluding hydrogens is 342 g/mol. The van der Waals surface area contributed by atoms with Crippen molar-refractivity contribution in [2.75, 3.05) is 0 Å². The second kappa shape index (κ2) is 6.46. The van der Waals surface area contributed by atoms with E-state index in [1.54, 1.807) is 42.9 Å². The maximum atomic E-state index is 11.4. The van der Waals surface area contributed by atoms with Crippen LogP contribution in [-0.2, 0) is 16.4 Å². The van der Waals surface area contributed by atoms with Gasteiger partial charge in [0.1, 0.15) is 0 Å². The molecule has 0 atom stereocenters. The van der Waals surface area contributed by atoms with Crippen LogP contribution in [0, 0.1) is 0 Å². The first-order chi connectivity index (χ1) is 11.8. The summed E-state index contributed by atoms with van der Waals surface area (Å²) in [6.45, 7) is 0. The molecule has 0 bridgehead atoms. The maximum absolute atomic E-state index is 11.4. The highest BCUT2D eigenvalue weighted by Crippen LogP contribution is 2.24. The Labute approximate surface area is 144 Å². The summed E-state index contributed by atoms with van der Waals surface area (Å²) in [5.41, 5.74) is 8.32. The molecule has 1 amide bonds. The van der Waals surface area contributed by atoms with Gasteiger partial charge in [-0.25, -0.2) is 18.4 Å². The van der Waals surface area contributed by atoms with Crippen LogP contribution in [0.1, 0.15) is 11.1 Å². The average Bonchev–Trinajstić information content (AvgIpc) is 2.99. The highest BCUT2D eigenvalue weighted by atomic mass is 32.2. The van der Waals surface area contributed by atoms with Crippen molar-refractivity contribution in [3.05, 3.63) is 66.1 Å². The van der Waals surface area contributed by atoms with Crippen molar-refractivity contribution in [1.29, 1.82) is 0 Å². The summed E-state index contributed by atoms with van der Waals surface area (Å²) in [6, 6.07) is 9.08. The first kappa shape index (κ1) is 16.8. The van der Waals surface area contributed by atoms with Gasteiger partial charge in [0.15, 0.2) is 0 Å². The minimum Gasteiger partial charge on any atom is -0.350 e. The number of pyridine rings is 1. The van der Waals surface area contributed by atoms with Crippen molar-refractivity contribution in [2.45, 2.75) is 11.3 Å². The fraction of sp³-hybridized carbons (Fsp3) is 0.0625. The summed E-state index contributed by atoms with van der Waals surface area (Å²) in [5.74, 6) is 0. The molecule has 4 N–H and O–H groups in total. The zero-order valence-electron chi connectivity index (χ0n) is 13.0. The smallest absolute Gasteiger partial charge is 0.339 e. The van der Waals surface area contributed by atoms with Crippen LogP contribution in [0.5, 0.6) is 0 Å². The van der Waals surface area contributed by atoms with Gasteiger partial charge in [-0.05, 0) is 29.8 Å². The Bertz CT molecular complexity index is 1010. The van der Waals surface area contributed by atoms with E-state index in [1.807, 2.05) is 0 Å². The molecule has 25 heavy (non-hydrogen) atoms. The first-order valence-electron chi connectivity index (χ1n) is 7.25. The third-order valence-electron chi connectivity index (χ3n) is 3.62. The third kappa shape index (κ3) is 3.73. The molecular formula is C16H15N5O3S. The molecule has 2 heterocycles. The van der Waals surface area contributed by atoms with Crippen molar-refractivity contribution >= 4 is 16.1 Å². The number of amides is 1. The van der Waals surface area contributed by atoms with Crippen LogP contribution in [0.3, 0.4) is 0 Å². The summed E-state index contributed by atoms with van der Waals surface area (Å²) in [7, 11) is -3.74. The lowest BCUT2D eigenvalue weighted by Crippen LogP contribution is -2.19. The van der Waals surface area contributed by atoms with Crippen molar-refractivity contribution < 1.29 is 13.2 Å². The molecule has 8 nitrogen and oxygen atoms in total. The second-order valence-corrected chi connectivity index (χ2v) is 6.95. The zero-order valence-corrected chi connectivity index (χ0v) is 13.8. The number of primary amides is 1. The molecule has 128 valence electrons. The van der Waals surface area contributed by atoms with Gasteiger partial charge >= 0.3 is 6.03 Å². The van der Waals surface area contributed by atoms with Crippen LogP contribution in [0.25, 0.3) is 11.3 Å². The van der Waals surface area contributed by atoms with Crippen LogP contribution in [0.4, 0.5) is 4.79 Å². The van der Waals surface area contributed by atoms with E-state index in [4.69, 9.17) is 10.9 Å². The average molecular weight is 357 g/mol. The van der Waals surface area contributed by atoms with Crippen LogP contribution >= 0.6 is 0 Å². The number of aromatic nitrogens is 3. The van der Waals surface area contributed by atoms with Crippen LogP contribution in [-0.4, -0.2) is 29.2 Å². The largest absolute Gasteiger partial charge is 0.350 e. The summed E-state index contributed by atoms with van der Waals surface area (Å²) in [6.07, 6.45) is 5.26. The highest BCUT2D eigenvalue weighted by Gasteiger charge is 2.14. The quantitative estimate of drug-likeness (QED) is 0.721. The summed E-state index contributed by atoms with van der Waals surface area (Å²) in [4.78, 5) is 15.4. The van der Waals surface area contributed by atoms with Gasteiger partial charge in [0, 0.05) is 36.1 Å². The van der Waals surface area contributed by atoms with E-state index >= 15 is 0 Å². The molecule has 0 saturated carbocycles. The van der Waals surface area contributed by atoms with Crippen LogP contribution in [0.2, 0.25) is 0 Å². The predicted molar refractivity (Wildman–Crippen MR) is 91.1 cm³/mol. The van der Waals surface area contributed by atoms with E-state index in [0.717, 1.165) is 21.4 Å². The second-order valence-electron chi connectivity index (χ2n) is 5.39.